The summed E-state index contributed by atoms with van der Waals surface area (Å²) in [5.74, 6) is 0.291. The number of halogens is 1. The molecule has 0 atom stereocenters. The number of aromatic nitrogens is 8. The van der Waals surface area contributed by atoms with Crippen LogP contribution < -0.4 is 0 Å². The molecule has 0 aliphatic heterocycles. The van der Waals surface area contributed by atoms with E-state index in [0.717, 1.165) is 120 Å². The van der Waals surface area contributed by atoms with Crippen molar-refractivity contribution in [3.8, 4) is 135 Å². The van der Waals surface area contributed by atoms with Crippen molar-refractivity contribution in [2.75, 3.05) is 0 Å². The second kappa shape index (κ2) is 56.7. The summed E-state index contributed by atoms with van der Waals surface area (Å²) in [7, 11) is 0. The molecule has 8 heterocycles. The summed E-state index contributed by atoms with van der Waals surface area (Å²) in [4.78, 5) is 34.6. The predicted molar refractivity (Wildman–Crippen MR) is 522 cm³/mol. The zero-order valence-corrected chi connectivity index (χ0v) is 82.7. The Morgan fingerprint density at radius 1 is 0.235 bits per heavy atom. The Hall–Kier alpha value is -13.6. The zero-order chi connectivity index (χ0) is 88.2. The van der Waals surface area contributed by atoms with Crippen LogP contribution in [0.1, 0.15) is 37.5 Å². The number of benzene rings is 12. The molecule has 20 aromatic rings. The van der Waals surface area contributed by atoms with Gasteiger partial charge in [-0.1, -0.05) is 190 Å². The van der Waals surface area contributed by atoms with E-state index in [-0.39, 0.29) is 86.2 Å². The standard InChI is InChI=1S/C21H19FN.C19H16N.C18H14N.C17H12N.4C11H8N.4Ir/c1-15(2)12-19-13-17(8-10-20(19)22)18-9-11-21(23-14-18)16-6-4-3-5-7-16;1-2-15-8-10-16(11-9-15)18-12-13-20-19(14-18)17-6-4-3-5-7-17;1-14-7-9-15(10-8-14)17-11-12-19-18(13-17)16-5-3-2-4-6-16;1-3-7-14(8-4-1)16-11-12-18-17(13-16)15-9-5-2-6-10-15;4*1-2-6-10(7-3-1)11-8-4-5-9-12-11;;;;/h3-6,8-11,13-15H,12H2,1-2H3;3-6,8-14H,2H2,1H3;2-5,7-13H,1H3;1-9,11-13H;4*1-6,8-9H;;;;/q8*-1;;;;. The number of nitrogens with zero attached hydrogens (tertiary/aromatic N) is 8. The molecule has 8 nitrogen and oxygen atoms in total. The van der Waals surface area contributed by atoms with Gasteiger partial charge in [0, 0.05) is 130 Å². The molecule has 660 valence electrons. The van der Waals surface area contributed by atoms with Gasteiger partial charge >= 0.3 is 0 Å². The Kier molecular flexibility index (Phi) is 43.9. The molecule has 20 rings (SSSR count). The summed E-state index contributed by atoms with van der Waals surface area (Å²) in [5.41, 5.74) is 28.4. The monoisotopic (exact) mass is 2420 g/mol. The quantitative estimate of drug-likeness (QED) is 0.0935. The minimum atomic E-state index is -0.133. The van der Waals surface area contributed by atoms with Crippen LogP contribution in [0.2, 0.25) is 0 Å². The van der Waals surface area contributed by atoms with E-state index in [0.29, 0.717) is 5.92 Å². The van der Waals surface area contributed by atoms with Gasteiger partial charge < -0.3 is 39.9 Å². The molecule has 0 aliphatic rings. The van der Waals surface area contributed by atoms with Crippen molar-refractivity contribution in [1.82, 2.24) is 39.9 Å². The maximum absolute atomic E-state index is 13.9. The van der Waals surface area contributed by atoms with E-state index < -0.39 is 0 Å². The first kappa shape index (κ1) is 102. The fraction of sp³-hybridized carbons (Fsp3) is 0.0588. The number of pyridine rings is 8. The van der Waals surface area contributed by atoms with E-state index in [9.17, 15) is 4.39 Å². The van der Waals surface area contributed by atoms with Crippen molar-refractivity contribution < 1.29 is 84.8 Å². The van der Waals surface area contributed by atoms with E-state index in [2.05, 4.69) is 195 Å². The maximum Gasteiger partial charge on any atom is 0.126 e. The van der Waals surface area contributed by atoms with Crippen LogP contribution in [0.3, 0.4) is 0 Å². The topological polar surface area (TPSA) is 103 Å². The van der Waals surface area contributed by atoms with Crippen molar-refractivity contribution >= 4 is 0 Å². The predicted octanol–water partition coefficient (Wildman–Crippen LogP) is 29.3. The molecule has 132 heavy (non-hydrogen) atoms. The molecular formula is C119H93FIr4N8-8. The number of hydrogen-bond donors (Lipinski definition) is 0. The van der Waals surface area contributed by atoms with Crippen LogP contribution in [0.5, 0.6) is 0 Å². The largest absolute Gasteiger partial charge is 0.305 e. The number of aryl methyl sites for hydroxylation is 2. The first-order valence-corrected chi connectivity index (χ1v) is 42.4. The third-order valence-electron chi connectivity index (χ3n) is 19.8. The number of hydrogen-bond acceptors (Lipinski definition) is 8. The molecular weight excluding hydrogens is 2330 g/mol. The van der Waals surface area contributed by atoms with Gasteiger partial charge in [0.25, 0.3) is 0 Å². The third kappa shape index (κ3) is 32.8. The molecule has 8 aromatic heterocycles. The van der Waals surface area contributed by atoms with Gasteiger partial charge in [0.15, 0.2) is 0 Å². The molecule has 0 unspecified atom stereocenters. The molecule has 0 bridgehead atoms. The van der Waals surface area contributed by atoms with Crippen LogP contribution in [0.25, 0.3) is 135 Å². The van der Waals surface area contributed by atoms with Gasteiger partial charge in [-0.3, -0.25) is 0 Å². The number of rotatable bonds is 15. The second-order valence-corrected chi connectivity index (χ2v) is 29.5. The van der Waals surface area contributed by atoms with Crippen LogP contribution in [-0.4, -0.2) is 39.9 Å². The normalized spacial score (nSPS) is 9.89. The molecule has 0 N–H and O–H groups in total. The van der Waals surface area contributed by atoms with Crippen LogP contribution in [0.15, 0.2) is 462 Å². The van der Waals surface area contributed by atoms with Gasteiger partial charge in [-0.25, -0.2) is 4.39 Å². The van der Waals surface area contributed by atoms with Gasteiger partial charge in [0.1, 0.15) is 5.82 Å². The third-order valence-corrected chi connectivity index (χ3v) is 19.8. The van der Waals surface area contributed by atoms with Crippen molar-refractivity contribution in [3.05, 3.63) is 533 Å². The Labute approximate surface area is 831 Å². The van der Waals surface area contributed by atoms with Crippen molar-refractivity contribution in [2.24, 2.45) is 5.92 Å². The molecule has 0 aliphatic carbocycles. The summed E-state index contributed by atoms with van der Waals surface area (Å²) >= 11 is 0. The van der Waals surface area contributed by atoms with Gasteiger partial charge in [-0.15, -0.1) is 287 Å². The van der Waals surface area contributed by atoms with E-state index in [4.69, 9.17) is 0 Å². The Balaban J connectivity index is 0.000000171. The smallest absolute Gasteiger partial charge is 0.126 e. The van der Waals surface area contributed by atoms with Crippen molar-refractivity contribution in [3.63, 3.8) is 0 Å². The summed E-state index contributed by atoms with van der Waals surface area (Å²) in [6.45, 7) is 8.46. The summed E-state index contributed by atoms with van der Waals surface area (Å²) < 4.78 is 13.9. The van der Waals surface area contributed by atoms with E-state index in [1.165, 1.54) is 44.5 Å². The van der Waals surface area contributed by atoms with Crippen molar-refractivity contribution in [1.29, 1.82) is 0 Å². The Morgan fingerprint density at radius 2 is 0.500 bits per heavy atom. The van der Waals surface area contributed by atoms with E-state index in [1.807, 2.05) is 352 Å². The fourth-order valence-corrected chi connectivity index (χ4v) is 13.2. The Bertz CT molecular complexity index is 6030. The van der Waals surface area contributed by atoms with Gasteiger partial charge in [-0.05, 0) is 181 Å². The minimum absolute atomic E-state index is 0. The van der Waals surface area contributed by atoms with Crippen LogP contribution >= 0.6 is 0 Å². The SMILES string of the molecule is CC(C)Cc1cc(-c2ccc(-c3[c-]cccc3)nc2)ccc1F.CCc1ccc(-c2ccnc(-c3[c-]cccc3)c2)cc1.Cc1ccc(-c2ccnc(-c3[c-]cccc3)c2)cc1.[Ir].[Ir].[Ir].[Ir].[c-]1ccccc1-c1cc(-c2ccccc2)ccn1.[c-]1ccccc1-c1ccccn1.[c-]1ccccc1-c1ccccn1.[c-]1ccccc1-c1ccccn1.[c-]1ccccc1-c1ccccn1. The molecule has 12 aromatic carbocycles. The fourth-order valence-electron chi connectivity index (χ4n) is 13.2. The van der Waals surface area contributed by atoms with Gasteiger partial charge in [-0.2, -0.15) is 0 Å². The van der Waals surface area contributed by atoms with Crippen LogP contribution in [0, 0.1) is 67.2 Å². The molecule has 13 heteroatoms. The molecule has 0 saturated heterocycles. The summed E-state index contributed by atoms with van der Waals surface area (Å²) in [6.07, 6.45) is 16.4. The maximum atomic E-state index is 13.9. The van der Waals surface area contributed by atoms with Crippen molar-refractivity contribution in [2.45, 2.75) is 40.5 Å². The molecule has 0 saturated carbocycles. The average molecular weight is 2420 g/mol. The van der Waals surface area contributed by atoms with Crippen LogP contribution in [0.4, 0.5) is 4.39 Å². The van der Waals surface area contributed by atoms with Gasteiger partial charge in [0.05, 0.1) is 0 Å². The first-order valence-electron chi connectivity index (χ1n) is 42.4. The van der Waals surface area contributed by atoms with Crippen LogP contribution in [-0.2, 0) is 93.3 Å². The van der Waals surface area contributed by atoms with Gasteiger partial charge in [0.2, 0.25) is 0 Å². The second-order valence-electron chi connectivity index (χ2n) is 29.5. The van der Waals surface area contributed by atoms with E-state index >= 15 is 0 Å². The molecule has 4 radical (unpaired) electrons. The molecule has 0 spiro atoms. The molecule has 0 amide bonds. The molecule has 0 fully saturated rings. The average Bonchev–Trinajstić information content (AvgIpc) is 0.839. The zero-order valence-electron chi connectivity index (χ0n) is 73.2. The summed E-state index contributed by atoms with van der Waals surface area (Å²) in [5, 5.41) is 0. The minimum Gasteiger partial charge on any atom is -0.305 e. The first-order chi connectivity index (χ1) is 63.1. The Morgan fingerprint density at radius 3 is 0.780 bits per heavy atom. The van der Waals surface area contributed by atoms with E-state index in [1.54, 1.807) is 30.9 Å². The summed E-state index contributed by atoms with van der Waals surface area (Å²) in [6, 6.07) is 161.